The maximum Gasteiger partial charge on any atom is 0.146 e. The predicted octanol–water partition coefficient (Wildman–Crippen LogP) is 5.05. The van der Waals surface area contributed by atoms with Crippen LogP contribution < -0.4 is 10.1 Å². The summed E-state index contributed by atoms with van der Waals surface area (Å²) in [5.41, 5.74) is 1.45. The highest BCUT2D eigenvalue weighted by Crippen LogP contribution is 2.25. The van der Waals surface area contributed by atoms with Crippen LogP contribution in [-0.2, 0) is 0 Å². The lowest BCUT2D eigenvalue weighted by Gasteiger charge is -2.17. The van der Waals surface area contributed by atoms with Gasteiger partial charge >= 0.3 is 0 Å². The third-order valence-corrected chi connectivity index (χ3v) is 3.23. The van der Waals surface area contributed by atoms with Crippen molar-refractivity contribution in [2.75, 3.05) is 11.9 Å². The largest absolute Gasteiger partial charge is 0.494 e. The lowest BCUT2D eigenvalue weighted by atomic mass is 10.1. The maximum atomic E-state index is 13.7. The topological polar surface area (TPSA) is 21.3 Å². The zero-order valence-electron chi connectivity index (χ0n) is 11.5. The highest BCUT2D eigenvalue weighted by Gasteiger charge is 2.09. The molecule has 20 heavy (non-hydrogen) atoms. The number of anilines is 1. The van der Waals surface area contributed by atoms with Crippen LogP contribution in [0.1, 0.15) is 25.5 Å². The van der Waals surface area contributed by atoms with E-state index in [2.05, 4.69) is 5.32 Å². The Balaban J connectivity index is 2.11. The van der Waals surface area contributed by atoms with E-state index in [1.165, 1.54) is 12.1 Å². The molecule has 0 amide bonds. The van der Waals surface area contributed by atoms with Gasteiger partial charge in [0.2, 0.25) is 0 Å². The lowest BCUT2D eigenvalue weighted by Crippen LogP contribution is -2.08. The van der Waals surface area contributed by atoms with E-state index in [-0.39, 0.29) is 11.9 Å². The summed E-state index contributed by atoms with van der Waals surface area (Å²) in [6.45, 7) is 4.55. The fourth-order valence-electron chi connectivity index (χ4n) is 1.94. The minimum atomic E-state index is -0.313. The molecule has 2 aromatic rings. The van der Waals surface area contributed by atoms with Crippen LogP contribution in [0.5, 0.6) is 5.75 Å². The van der Waals surface area contributed by atoms with Crippen LogP contribution in [0.2, 0.25) is 5.02 Å². The molecule has 0 aliphatic carbocycles. The first kappa shape index (κ1) is 14.7. The fourth-order valence-corrected chi connectivity index (χ4v) is 2.12. The van der Waals surface area contributed by atoms with Crippen LogP contribution in [0, 0.1) is 5.82 Å². The first-order valence-electron chi connectivity index (χ1n) is 6.54. The molecule has 2 rings (SSSR count). The smallest absolute Gasteiger partial charge is 0.146 e. The summed E-state index contributed by atoms with van der Waals surface area (Å²) in [5.74, 6) is 0.518. The average molecular weight is 294 g/mol. The van der Waals surface area contributed by atoms with Crippen LogP contribution in [0.25, 0.3) is 0 Å². The molecule has 0 radical (unpaired) electrons. The molecule has 0 saturated heterocycles. The van der Waals surface area contributed by atoms with Crippen LogP contribution in [0.15, 0.2) is 42.5 Å². The fraction of sp³-hybridized carbons (Fsp3) is 0.250. The Hall–Kier alpha value is -1.74. The second-order valence-electron chi connectivity index (χ2n) is 4.49. The Morgan fingerprint density at radius 3 is 2.55 bits per heavy atom. The Morgan fingerprint density at radius 1 is 1.20 bits per heavy atom. The molecule has 0 aliphatic heterocycles. The standard InChI is InChI=1S/C16H17ClFNO/c1-3-20-14-7-4-12(5-8-14)11(2)19-16-10-13(17)6-9-15(16)18/h4-11,19H,3H2,1-2H3. The van der Waals surface area contributed by atoms with Crippen molar-refractivity contribution in [1.29, 1.82) is 0 Å². The van der Waals surface area contributed by atoms with Gasteiger partial charge in [-0.1, -0.05) is 23.7 Å². The minimum absolute atomic E-state index is 0.0290. The van der Waals surface area contributed by atoms with E-state index >= 15 is 0 Å². The molecule has 1 unspecified atom stereocenters. The monoisotopic (exact) mass is 293 g/mol. The first-order chi connectivity index (χ1) is 9.60. The summed E-state index contributed by atoms with van der Waals surface area (Å²) in [4.78, 5) is 0. The minimum Gasteiger partial charge on any atom is -0.494 e. The van der Waals surface area contributed by atoms with Crippen molar-refractivity contribution in [3.63, 3.8) is 0 Å². The normalized spacial score (nSPS) is 12.0. The number of benzene rings is 2. The van der Waals surface area contributed by atoms with Crippen molar-refractivity contribution in [2.45, 2.75) is 19.9 Å². The second kappa shape index (κ2) is 6.62. The SMILES string of the molecule is CCOc1ccc(C(C)Nc2cc(Cl)ccc2F)cc1. The summed E-state index contributed by atoms with van der Waals surface area (Å²) in [6.07, 6.45) is 0. The summed E-state index contributed by atoms with van der Waals surface area (Å²) >= 11 is 5.88. The van der Waals surface area contributed by atoms with Crippen molar-refractivity contribution in [2.24, 2.45) is 0 Å². The molecule has 2 nitrogen and oxygen atoms in total. The van der Waals surface area contributed by atoms with Gasteiger partial charge in [-0.15, -0.1) is 0 Å². The van der Waals surface area contributed by atoms with Gasteiger partial charge in [-0.3, -0.25) is 0 Å². The van der Waals surface area contributed by atoms with E-state index in [9.17, 15) is 4.39 Å². The lowest BCUT2D eigenvalue weighted by molar-refractivity contribution is 0.340. The van der Waals surface area contributed by atoms with Crippen molar-refractivity contribution in [3.8, 4) is 5.75 Å². The second-order valence-corrected chi connectivity index (χ2v) is 4.93. The van der Waals surface area contributed by atoms with Crippen LogP contribution >= 0.6 is 11.6 Å². The van der Waals surface area contributed by atoms with E-state index in [1.807, 2.05) is 38.1 Å². The molecule has 1 atom stereocenters. The molecule has 0 aliphatic rings. The summed E-state index contributed by atoms with van der Waals surface area (Å²) < 4.78 is 19.1. The van der Waals surface area contributed by atoms with Crippen molar-refractivity contribution < 1.29 is 9.13 Å². The molecule has 0 aromatic heterocycles. The molecular formula is C16H17ClFNO. The van der Waals surface area contributed by atoms with Gasteiger partial charge in [-0.05, 0) is 49.7 Å². The Labute approximate surface area is 123 Å². The van der Waals surface area contributed by atoms with E-state index < -0.39 is 0 Å². The van der Waals surface area contributed by atoms with E-state index in [0.29, 0.717) is 17.3 Å². The summed E-state index contributed by atoms with van der Waals surface area (Å²) in [7, 11) is 0. The van der Waals surface area contributed by atoms with Gasteiger partial charge in [0.25, 0.3) is 0 Å². The van der Waals surface area contributed by atoms with Gasteiger partial charge in [0.1, 0.15) is 11.6 Å². The van der Waals surface area contributed by atoms with Gasteiger partial charge in [0, 0.05) is 11.1 Å². The number of rotatable bonds is 5. The molecular weight excluding hydrogens is 277 g/mol. The zero-order valence-corrected chi connectivity index (χ0v) is 12.2. The third-order valence-electron chi connectivity index (χ3n) is 2.99. The predicted molar refractivity (Wildman–Crippen MR) is 81.1 cm³/mol. The van der Waals surface area contributed by atoms with Crippen molar-refractivity contribution >= 4 is 17.3 Å². The maximum absolute atomic E-state index is 13.7. The molecule has 2 aromatic carbocycles. The Bertz CT molecular complexity index is 571. The van der Waals surface area contributed by atoms with Crippen molar-refractivity contribution in [3.05, 3.63) is 58.9 Å². The highest BCUT2D eigenvalue weighted by atomic mass is 35.5. The highest BCUT2D eigenvalue weighted by molar-refractivity contribution is 6.30. The number of ether oxygens (including phenoxy) is 1. The number of hydrogen-bond donors (Lipinski definition) is 1. The van der Waals surface area contributed by atoms with E-state index in [4.69, 9.17) is 16.3 Å². The van der Waals surface area contributed by atoms with Crippen LogP contribution in [-0.4, -0.2) is 6.61 Å². The van der Waals surface area contributed by atoms with Crippen LogP contribution in [0.3, 0.4) is 0 Å². The van der Waals surface area contributed by atoms with E-state index in [1.54, 1.807) is 6.07 Å². The molecule has 0 bridgehead atoms. The number of nitrogens with one attached hydrogen (secondary N) is 1. The average Bonchev–Trinajstić information content (AvgIpc) is 2.44. The van der Waals surface area contributed by atoms with Crippen molar-refractivity contribution in [1.82, 2.24) is 0 Å². The number of hydrogen-bond acceptors (Lipinski definition) is 2. The Morgan fingerprint density at radius 2 is 1.90 bits per heavy atom. The summed E-state index contributed by atoms with van der Waals surface area (Å²) in [6, 6.07) is 12.2. The van der Waals surface area contributed by atoms with Gasteiger partial charge in [-0.25, -0.2) is 4.39 Å². The molecule has 1 N–H and O–H groups in total. The van der Waals surface area contributed by atoms with Gasteiger partial charge in [0.15, 0.2) is 0 Å². The van der Waals surface area contributed by atoms with Gasteiger partial charge in [-0.2, -0.15) is 0 Å². The first-order valence-corrected chi connectivity index (χ1v) is 6.92. The molecule has 0 fully saturated rings. The molecule has 0 saturated carbocycles. The van der Waals surface area contributed by atoms with Gasteiger partial charge in [0.05, 0.1) is 12.3 Å². The molecule has 106 valence electrons. The molecule has 0 heterocycles. The van der Waals surface area contributed by atoms with Gasteiger partial charge < -0.3 is 10.1 Å². The van der Waals surface area contributed by atoms with E-state index in [0.717, 1.165) is 11.3 Å². The molecule has 4 heteroatoms. The Kier molecular flexibility index (Phi) is 4.85. The third kappa shape index (κ3) is 3.64. The van der Waals surface area contributed by atoms with Crippen LogP contribution in [0.4, 0.5) is 10.1 Å². The summed E-state index contributed by atoms with van der Waals surface area (Å²) in [5, 5.41) is 3.63. The quantitative estimate of drug-likeness (QED) is 0.833. The molecule has 0 spiro atoms. The zero-order chi connectivity index (χ0) is 14.5. The number of halogens is 2.